The normalized spacial score (nSPS) is 19.6. The Morgan fingerprint density at radius 1 is 1.27 bits per heavy atom. The van der Waals surface area contributed by atoms with Crippen molar-refractivity contribution in [2.24, 2.45) is 0 Å². The van der Waals surface area contributed by atoms with E-state index in [0.29, 0.717) is 6.42 Å². The van der Waals surface area contributed by atoms with Crippen LogP contribution in [0.5, 0.6) is 0 Å². The van der Waals surface area contributed by atoms with Gasteiger partial charge in [-0.15, -0.1) is 0 Å². The van der Waals surface area contributed by atoms with Crippen LogP contribution in [0.4, 0.5) is 14.9 Å². The van der Waals surface area contributed by atoms with Crippen molar-refractivity contribution in [1.82, 2.24) is 10.2 Å². The number of urea groups is 1. The predicted molar refractivity (Wildman–Crippen MR) is 97.2 cm³/mol. The summed E-state index contributed by atoms with van der Waals surface area (Å²) in [6, 6.07) is 3.83. The zero-order valence-electron chi connectivity index (χ0n) is 15.5. The number of nitrogens with zero attached hydrogens (tertiary/aromatic N) is 1. The standard InChI is InChI=1S/C19H26FN3O3/c1-4-5-6-7-10-19(3)17(25)23(18(26)22-19)12-16(24)21-15-9-8-13(2)11-14(15)20/h8-9,11H,4-7,10,12H2,1-3H3,(H,21,24)(H,22,26). The van der Waals surface area contributed by atoms with Crippen LogP contribution in [0.15, 0.2) is 18.2 Å². The van der Waals surface area contributed by atoms with Gasteiger partial charge in [-0.25, -0.2) is 9.18 Å². The van der Waals surface area contributed by atoms with E-state index in [9.17, 15) is 18.8 Å². The van der Waals surface area contributed by atoms with Crippen LogP contribution in [0.1, 0.15) is 51.5 Å². The van der Waals surface area contributed by atoms with Crippen molar-refractivity contribution < 1.29 is 18.8 Å². The van der Waals surface area contributed by atoms with Gasteiger partial charge < -0.3 is 10.6 Å². The van der Waals surface area contributed by atoms with Gasteiger partial charge >= 0.3 is 6.03 Å². The lowest BCUT2D eigenvalue weighted by Gasteiger charge is -2.21. The molecule has 2 rings (SSSR count). The maximum absolute atomic E-state index is 13.8. The molecule has 0 spiro atoms. The Hall–Kier alpha value is -2.44. The minimum absolute atomic E-state index is 0.0231. The molecule has 1 unspecified atom stereocenters. The number of rotatable bonds is 8. The maximum Gasteiger partial charge on any atom is 0.325 e. The van der Waals surface area contributed by atoms with Gasteiger partial charge in [-0.1, -0.05) is 38.7 Å². The summed E-state index contributed by atoms with van der Waals surface area (Å²) in [4.78, 5) is 37.8. The Balaban J connectivity index is 1.97. The number of carbonyl (C=O) groups is 3. The Kier molecular flexibility index (Phi) is 6.34. The van der Waals surface area contributed by atoms with Crippen molar-refractivity contribution in [3.63, 3.8) is 0 Å². The van der Waals surface area contributed by atoms with E-state index in [0.717, 1.165) is 36.1 Å². The molecule has 7 heteroatoms. The molecule has 1 aromatic carbocycles. The predicted octanol–water partition coefficient (Wildman–Crippen LogP) is 3.35. The molecular weight excluding hydrogens is 337 g/mol. The molecule has 1 fully saturated rings. The van der Waals surface area contributed by atoms with Crippen LogP contribution >= 0.6 is 0 Å². The summed E-state index contributed by atoms with van der Waals surface area (Å²) in [6.07, 6.45) is 4.50. The molecule has 1 aliphatic heterocycles. The number of nitrogens with one attached hydrogen (secondary N) is 2. The molecule has 0 saturated carbocycles. The number of carbonyl (C=O) groups excluding carboxylic acids is 3. The number of imide groups is 1. The van der Waals surface area contributed by atoms with Crippen LogP contribution in [0.3, 0.4) is 0 Å². The molecule has 1 saturated heterocycles. The fourth-order valence-corrected chi connectivity index (χ4v) is 3.02. The monoisotopic (exact) mass is 363 g/mol. The summed E-state index contributed by atoms with van der Waals surface area (Å²) in [7, 11) is 0. The third-order valence-corrected chi connectivity index (χ3v) is 4.58. The first-order valence-corrected chi connectivity index (χ1v) is 8.97. The highest BCUT2D eigenvalue weighted by Gasteiger charge is 2.47. The van der Waals surface area contributed by atoms with Crippen LogP contribution in [0, 0.1) is 12.7 Å². The van der Waals surface area contributed by atoms with Gasteiger partial charge in [0.1, 0.15) is 17.9 Å². The van der Waals surface area contributed by atoms with E-state index in [1.165, 1.54) is 12.1 Å². The van der Waals surface area contributed by atoms with Gasteiger partial charge in [-0.05, 0) is 38.0 Å². The van der Waals surface area contributed by atoms with Crippen molar-refractivity contribution in [3.8, 4) is 0 Å². The molecule has 1 heterocycles. The fourth-order valence-electron chi connectivity index (χ4n) is 3.02. The first-order valence-electron chi connectivity index (χ1n) is 8.97. The Bertz CT molecular complexity index is 707. The van der Waals surface area contributed by atoms with Gasteiger partial charge in [0.05, 0.1) is 5.69 Å². The Morgan fingerprint density at radius 2 is 2.00 bits per heavy atom. The van der Waals surface area contributed by atoms with Crippen molar-refractivity contribution in [2.75, 3.05) is 11.9 Å². The lowest BCUT2D eigenvalue weighted by atomic mass is 9.94. The molecule has 6 nitrogen and oxygen atoms in total. The first-order chi connectivity index (χ1) is 12.3. The van der Waals surface area contributed by atoms with Crippen molar-refractivity contribution in [1.29, 1.82) is 0 Å². The second-order valence-electron chi connectivity index (χ2n) is 7.00. The summed E-state index contributed by atoms with van der Waals surface area (Å²) in [5, 5.41) is 5.08. The first kappa shape index (κ1) is 19.9. The highest BCUT2D eigenvalue weighted by atomic mass is 19.1. The van der Waals surface area contributed by atoms with E-state index in [2.05, 4.69) is 17.6 Å². The number of amides is 4. The largest absolute Gasteiger partial charge is 0.325 e. The van der Waals surface area contributed by atoms with E-state index < -0.39 is 35.7 Å². The molecule has 0 aromatic heterocycles. The van der Waals surface area contributed by atoms with E-state index in [1.54, 1.807) is 19.9 Å². The van der Waals surface area contributed by atoms with E-state index >= 15 is 0 Å². The summed E-state index contributed by atoms with van der Waals surface area (Å²) < 4.78 is 13.8. The third kappa shape index (κ3) is 4.59. The van der Waals surface area contributed by atoms with E-state index in [-0.39, 0.29) is 5.69 Å². The maximum atomic E-state index is 13.8. The zero-order chi connectivity index (χ0) is 19.3. The summed E-state index contributed by atoms with van der Waals surface area (Å²) >= 11 is 0. The Morgan fingerprint density at radius 3 is 2.65 bits per heavy atom. The van der Waals surface area contributed by atoms with Gasteiger partial charge in [0.15, 0.2) is 0 Å². The highest BCUT2D eigenvalue weighted by Crippen LogP contribution is 2.24. The topological polar surface area (TPSA) is 78.5 Å². The summed E-state index contributed by atoms with van der Waals surface area (Å²) in [6.45, 7) is 5.07. The molecule has 1 atom stereocenters. The number of anilines is 1. The molecule has 1 aliphatic rings. The highest BCUT2D eigenvalue weighted by molar-refractivity contribution is 6.09. The average Bonchev–Trinajstić information content (AvgIpc) is 2.78. The number of aryl methyl sites for hydroxylation is 1. The zero-order valence-corrected chi connectivity index (χ0v) is 15.5. The van der Waals surface area contributed by atoms with E-state index in [4.69, 9.17) is 0 Å². The average molecular weight is 363 g/mol. The molecule has 0 bridgehead atoms. The molecular formula is C19H26FN3O3. The second kappa shape index (κ2) is 8.29. The molecule has 26 heavy (non-hydrogen) atoms. The molecule has 1 aromatic rings. The number of halogens is 1. The van der Waals surface area contributed by atoms with Crippen molar-refractivity contribution >= 4 is 23.5 Å². The SMILES string of the molecule is CCCCCCC1(C)NC(=O)N(CC(=O)Nc2ccc(C)cc2F)C1=O. The molecule has 4 amide bonds. The van der Waals surface area contributed by atoms with Crippen molar-refractivity contribution in [2.45, 2.75) is 58.4 Å². The number of hydrogen-bond acceptors (Lipinski definition) is 3. The van der Waals surface area contributed by atoms with Crippen molar-refractivity contribution in [3.05, 3.63) is 29.6 Å². The fraction of sp³-hybridized carbons (Fsp3) is 0.526. The second-order valence-corrected chi connectivity index (χ2v) is 7.00. The lowest BCUT2D eigenvalue weighted by molar-refractivity contribution is -0.133. The van der Waals surface area contributed by atoms with Gasteiger partial charge in [-0.2, -0.15) is 0 Å². The molecule has 0 radical (unpaired) electrons. The van der Waals surface area contributed by atoms with Gasteiger partial charge in [0.2, 0.25) is 5.91 Å². The van der Waals surface area contributed by atoms with Gasteiger partial charge in [-0.3, -0.25) is 14.5 Å². The molecule has 0 aliphatic carbocycles. The smallest absolute Gasteiger partial charge is 0.323 e. The van der Waals surface area contributed by atoms with Crippen LogP contribution in [0.2, 0.25) is 0 Å². The van der Waals surface area contributed by atoms with E-state index in [1.807, 2.05) is 0 Å². The number of hydrogen-bond donors (Lipinski definition) is 2. The quantitative estimate of drug-likeness (QED) is 0.549. The van der Waals surface area contributed by atoms with Gasteiger partial charge in [0.25, 0.3) is 5.91 Å². The minimum atomic E-state index is -0.986. The van der Waals surface area contributed by atoms with Crippen LogP contribution < -0.4 is 10.6 Å². The lowest BCUT2D eigenvalue weighted by Crippen LogP contribution is -2.44. The van der Waals surface area contributed by atoms with Gasteiger partial charge in [0, 0.05) is 0 Å². The van der Waals surface area contributed by atoms with Crippen LogP contribution in [0.25, 0.3) is 0 Å². The number of benzene rings is 1. The molecule has 142 valence electrons. The number of unbranched alkanes of at least 4 members (excludes halogenated alkanes) is 3. The third-order valence-electron chi connectivity index (χ3n) is 4.58. The van der Waals surface area contributed by atoms with Crippen LogP contribution in [-0.4, -0.2) is 34.8 Å². The Labute approximate surface area is 153 Å². The summed E-state index contributed by atoms with van der Waals surface area (Å²) in [5.41, 5.74) is -0.233. The minimum Gasteiger partial charge on any atom is -0.323 e. The summed E-state index contributed by atoms with van der Waals surface area (Å²) in [5.74, 6) is -1.60. The molecule has 2 N–H and O–H groups in total. The van der Waals surface area contributed by atoms with Crippen LogP contribution in [-0.2, 0) is 9.59 Å².